The summed E-state index contributed by atoms with van der Waals surface area (Å²) in [7, 11) is 0. The summed E-state index contributed by atoms with van der Waals surface area (Å²) in [5.74, 6) is -129. The van der Waals surface area contributed by atoms with Crippen LogP contribution < -0.4 is 0 Å². The van der Waals surface area contributed by atoms with Crippen LogP contribution in [0, 0.1) is 0 Å². The van der Waals surface area contributed by atoms with Crippen LogP contribution in [0.3, 0.4) is 0 Å². The molecule has 0 fully saturated rings. The first-order valence-electron chi connectivity index (χ1n) is 11.1. The monoisotopic (exact) mass is 854 g/mol. The van der Waals surface area contributed by atoms with E-state index in [0.717, 1.165) is 0 Å². The molecule has 52 heavy (non-hydrogen) atoms. The molecule has 0 aliphatic rings. The number of esters is 1. The molecule has 0 heterocycles. The number of carbonyl (C=O) groups excluding carboxylic acids is 1. The molecule has 0 rings (SSSR count). The first kappa shape index (κ1) is 49.0. The van der Waals surface area contributed by atoms with Gasteiger partial charge in [-0.15, -0.1) is 0 Å². The van der Waals surface area contributed by atoms with Crippen LogP contribution in [0.25, 0.3) is 0 Å². The zero-order chi connectivity index (χ0) is 43.4. The maximum atomic E-state index is 15.0. The second-order valence-corrected chi connectivity index (χ2v) is 9.65. The molecule has 0 aliphatic heterocycles. The molecule has 0 aromatic heterocycles. The maximum absolute atomic E-state index is 15.0. The highest BCUT2D eigenvalue weighted by Gasteiger charge is 3.02. The van der Waals surface area contributed by atoms with E-state index in [1.807, 2.05) is 11.3 Å². The lowest BCUT2D eigenvalue weighted by molar-refractivity contribution is -0.498. The zero-order valence-corrected chi connectivity index (χ0v) is 22.7. The minimum Gasteiger partial charge on any atom is -0.413 e. The van der Waals surface area contributed by atoms with Gasteiger partial charge in [-0.05, 0) is 6.92 Å². The van der Waals surface area contributed by atoms with Crippen molar-refractivity contribution in [1.29, 1.82) is 0 Å². The number of alkyl halides is 31. The molecule has 2 nitrogen and oxygen atoms in total. The molecule has 0 spiro atoms. The number of hydrogen-bond donors (Lipinski definition) is 0. The Balaban J connectivity index is 8.24. The molecule has 310 valence electrons. The second kappa shape index (κ2) is 12.0. The first-order valence-corrected chi connectivity index (χ1v) is 11.1. The highest BCUT2D eigenvalue weighted by atomic mass is 19.4. The van der Waals surface area contributed by atoms with Crippen molar-refractivity contribution in [3.8, 4) is 0 Å². The lowest BCUT2D eigenvalue weighted by Crippen LogP contribution is -2.81. The Morgan fingerprint density at radius 2 is 0.481 bits per heavy atom. The van der Waals surface area contributed by atoms with Gasteiger partial charge in [0.15, 0.2) is 0 Å². The van der Waals surface area contributed by atoms with Crippen LogP contribution in [0.1, 0.15) is 6.92 Å². The van der Waals surface area contributed by atoms with Gasteiger partial charge in [0.05, 0.1) is 0 Å². The van der Waals surface area contributed by atoms with Crippen molar-refractivity contribution in [3.63, 3.8) is 0 Å². The number of hydrogen-bond acceptors (Lipinski definition) is 2. The number of rotatable bonds is 14. The molecule has 0 radical (unpaired) electrons. The van der Waals surface area contributed by atoms with Crippen molar-refractivity contribution < 1.29 is 146 Å². The van der Waals surface area contributed by atoms with E-state index in [9.17, 15) is 137 Å². The summed E-state index contributed by atoms with van der Waals surface area (Å²) in [6.45, 7) is 1.64. The average molecular weight is 854 g/mol. The zero-order valence-electron chi connectivity index (χ0n) is 22.7. The first-order chi connectivity index (χ1) is 21.8. The van der Waals surface area contributed by atoms with Crippen LogP contribution in [0.5, 0.6) is 0 Å². The van der Waals surface area contributed by atoms with Gasteiger partial charge in [-0.1, -0.05) is 6.58 Å². The Hall–Kier alpha value is -2.96. The van der Waals surface area contributed by atoms with Gasteiger partial charge in [0.25, 0.3) is 0 Å². The van der Waals surface area contributed by atoms with Gasteiger partial charge in [0.1, 0.15) is 0 Å². The predicted molar refractivity (Wildman–Crippen MR) is 96.2 cm³/mol. The summed E-state index contributed by atoms with van der Waals surface area (Å²) >= 11 is 0. The van der Waals surface area contributed by atoms with E-state index in [1.165, 1.54) is 0 Å². The summed E-state index contributed by atoms with van der Waals surface area (Å²) in [6, 6.07) is 0. The van der Waals surface area contributed by atoms with Gasteiger partial charge in [0, 0.05) is 5.57 Å². The van der Waals surface area contributed by atoms with Gasteiger partial charge >= 0.3 is 95.2 Å². The average Bonchev–Trinajstić information content (AvgIpc) is 2.90. The molecule has 0 N–H and O–H groups in total. The van der Waals surface area contributed by atoms with Gasteiger partial charge in [0.2, 0.25) is 0 Å². The Morgan fingerprint density at radius 3 is 0.635 bits per heavy atom. The van der Waals surface area contributed by atoms with Crippen LogP contribution in [0.4, 0.5) is 136 Å². The van der Waals surface area contributed by atoms with E-state index in [-0.39, 0.29) is 6.92 Å². The van der Waals surface area contributed by atoms with Crippen molar-refractivity contribution >= 4 is 5.97 Å². The molecule has 0 saturated heterocycles. The topological polar surface area (TPSA) is 26.3 Å². The van der Waals surface area contributed by atoms with Gasteiger partial charge in [-0.2, -0.15) is 136 Å². The fraction of sp³-hybridized carbons (Fsp3) is 0.842. The number of halogens is 31. The molecule has 33 heteroatoms. The summed E-state index contributed by atoms with van der Waals surface area (Å²) in [6.07, 6.45) is -16.7. The minimum absolute atomic E-state index is 0.329. The van der Waals surface area contributed by atoms with Crippen LogP contribution in [0.15, 0.2) is 12.2 Å². The molecule has 1 atom stereocenters. The summed E-state index contributed by atoms with van der Waals surface area (Å²) in [5, 5.41) is 0. The van der Waals surface area contributed by atoms with E-state index in [2.05, 4.69) is 0 Å². The third-order valence-corrected chi connectivity index (χ3v) is 6.04. The molecule has 0 aliphatic carbocycles. The molecule has 0 bridgehead atoms. The van der Waals surface area contributed by atoms with Crippen LogP contribution in [0.2, 0.25) is 0 Å². The quantitative estimate of drug-likeness (QED) is 0.0989. The standard InChI is InChI=1S/C19H5F31O2/c1-3(2)4(51)52-17(44,14(38,39)10(30,31)12(34,35)16(42,43)19(48,49)50)13(36,37)9(28,29)7(24,25)5(20,21)6(22,23)8(26,27)11(32,33)15(40,41)18(45,46)47/h1H2,2H3. The van der Waals surface area contributed by atoms with Gasteiger partial charge in [-0.3, -0.25) is 0 Å². The van der Waals surface area contributed by atoms with E-state index in [1.54, 1.807) is 0 Å². The summed E-state index contributed by atoms with van der Waals surface area (Å²) in [5.41, 5.74) is -2.27. The SMILES string of the molecule is C=C(C)C(=O)OC(F)(C(F)(F)C(F)(F)C(F)(F)C(F)(F)C(F)(F)F)C(F)(F)C(F)(F)C(F)(F)C(F)(F)C(F)(F)C(F)(F)C(F)(F)C(F)(F)C(F)(F)F. The van der Waals surface area contributed by atoms with Crippen LogP contribution >= 0.6 is 0 Å². The molecule has 0 amide bonds. The van der Waals surface area contributed by atoms with E-state index < -0.39 is 101 Å². The second-order valence-electron chi connectivity index (χ2n) is 9.65. The normalized spacial score (nSPS) is 17.5. The molecule has 0 aromatic rings. The molecular formula is C19H5F31O2. The van der Waals surface area contributed by atoms with E-state index in [0.29, 0.717) is 0 Å². The van der Waals surface area contributed by atoms with Crippen molar-refractivity contribution in [1.82, 2.24) is 0 Å². The van der Waals surface area contributed by atoms with E-state index in [4.69, 9.17) is 0 Å². The van der Waals surface area contributed by atoms with Gasteiger partial charge < -0.3 is 4.74 Å². The van der Waals surface area contributed by atoms with Crippen molar-refractivity contribution in [2.45, 2.75) is 96.2 Å². The fourth-order valence-corrected chi connectivity index (χ4v) is 2.88. The molecule has 0 aromatic carbocycles. The molecular weight excluding hydrogens is 849 g/mol. The third-order valence-electron chi connectivity index (χ3n) is 6.04. The predicted octanol–water partition coefficient (Wildman–Crippen LogP) is 10.5. The van der Waals surface area contributed by atoms with Gasteiger partial charge in [-0.25, -0.2) is 4.79 Å². The molecule has 0 saturated carbocycles. The lowest BCUT2D eigenvalue weighted by atomic mass is 9.82. The number of carbonyl (C=O) groups is 1. The summed E-state index contributed by atoms with van der Waals surface area (Å²) in [4.78, 5) is 11.3. The van der Waals surface area contributed by atoms with Crippen molar-refractivity contribution in [2.75, 3.05) is 0 Å². The fourth-order valence-electron chi connectivity index (χ4n) is 2.88. The Labute approximate surface area is 261 Å². The van der Waals surface area contributed by atoms with Crippen molar-refractivity contribution in [3.05, 3.63) is 12.2 Å². The van der Waals surface area contributed by atoms with E-state index >= 15 is 4.39 Å². The minimum atomic E-state index is -10.1. The smallest absolute Gasteiger partial charge is 0.413 e. The summed E-state index contributed by atoms with van der Waals surface area (Å²) < 4.78 is 420. The largest absolute Gasteiger partial charge is 0.460 e. The van der Waals surface area contributed by atoms with Crippen molar-refractivity contribution in [2.24, 2.45) is 0 Å². The Morgan fingerprint density at radius 1 is 0.327 bits per heavy atom. The molecule has 1 unspecified atom stereocenters. The lowest BCUT2D eigenvalue weighted by Gasteiger charge is -2.48. The third kappa shape index (κ3) is 5.72. The Kier molecular flexibility index (Phi) is 11.3. The highest BCUT2D eigenvalue weighted by molar-refractivity contribution is 5.87. The van der Waals surface area contributed by atoms with Crippen LogP contribution in [-0.2, 0) is 9.53 Å². The highest BCUT2D eigenvalue weighted by Crippen LogP contribution is 2.69. The maximum Gasteiger partial charge on any atom is 0.460 e. The Bertz CT molecular complexity index is 1360. The number of ether oxygens (including phenoxy) is 1. The van der Waals surface area contributed by atoms with Crippen LogP contribution in [-0.4, -0.2) is 95.2 Å².